The Morgan fingerprint density at radius 3 is 2.50 bits per heavy atom. The third-order valence-corrected chi connectivity index (χ3v) is 3.57. The molecule has 0 radical (unpaired) electrons. The Balaban J connectivity index is 1.81. The van der Waals surface area contributed by atoms with Gasteiger partial charge in [-0.25, -0.2) is 4.79 Å². The van der Waals surface area contributed by atoms with Gasteiger partial charge in [0.1, 0.15) is 23.0 Å². The zero-order valence-electron chi connectivity index (χ0n) is 11.4. The molecule has 1 heterocycles. The minimum atomic E-state index is -0.750. The van der Waals surface area contributed by atoms with E-state index in [0.717, 1.165) is 67.6 Å². The predicted octanol–water partition coefficient (Wildman–Crippen LogP) is 2.90. The van der Waals surface area contributed by atoms with Gasteiger partial charge in [0, 0.05) is 31.8 Å². The number of ether oxygens (including phenoxy) is 4. The first-order chi connectivity index (χ1) is 9.76. The highest BCUT2D eigenvalue weighted by Gasteiger charge is 2.29. The lowest BCUT2D eigenvalue weighted by Crippen LogP contribution is -2.25. The monoisotopic (exact) mass is 278 g/mol. The summed E-state index contributed by atoms with van der Waals surface area (Å²) in [6, 6.07) is 0. The van der Waals surface area contributed by atoms with Crippen molar-refractivity contribution < 1.29 is 23.7 Å². The molecular weight excluding hydrogens is 260 g/mol. The minimum Gasteiger partial charge on any atom is -0.487 e. The van der Waals surface area contributed by atoms with Crippen molar-refractivity contribution in [3.05, 3.63) is 35.7 Å². The van der Waals surface area contributed by atoms with Crippen molar-refractivity contribution in [2.24, 2.45) is 0 Å². The number of hydrogen-bond acceptors (Lipinski definition) is 5. The molecule has 0 N–H and O–H groups in total. The second-order valence-corrected chi connectivity index (χ2v) is 5.00. The van der Waals surface area contributed by atoms with E-state index in [4.69, 9.17) is 18.9 Å². The van der Waals surface area contributed by atoms with Crippen LogP contribution in [0.5, 0.6) is 0 Å². The lowest BCUT2D eigenvalue weighted by atomic mass is 10.3. The minimum absolute atomic E-state index is 0.179. The Morgan fingerprint density at radius 1 is 1.10 bits per heavy atom. The lowest BCUT2D eigenvalue weighted by Gasteiger charge is -2.19. The molecule has 2 aliphatic carbocycles. The van der Waals surface area contributed by atoms with Crippen molar-refractivity contribution in [1.29, 1.82) is 0 Å². The van der Waals surface area contributed by atoms with Crippen LogP contribution in [0.3, 0.4) is 0 Å². The van der Waals surface area contributed by atoms with E-state index in [1.165, 1.54) is 0 Å². The highest BCUT2D eigenvalue weighted by atomic mass is 16.7. The fourth-order valence-electron chi connectivity index (χ4n) is 2.62. The summed E-state index contributed by atoms with van der Waals surface area (Å²) in [5.41, 5.74) is 0. The number of carbonyl (C=O) groups excluding carboxylic acids is 1. The first-order valence-electron chi connectivity index (χ1n) is 7.00. The van der Waals surface area contributed by atoms with E-state index in [0.29, 0.717) is 0 Å². The fraction of sp³-hybridized carbons (Fsp3) is 0.533. The molecule has 0 fully saturated rings. The first-order valence-corrected chi connectivity index (χ1v) is 7.00. The maximum Gasteiger partial charge on any atom is 0.333 e. The molecule has 5 heteroatoms. The van der Waals surface area contributed by atoms with Crippen molar-refractivity contribution in [2.75, 3.05) is 6.61 Å². The van der Waals surface area contributed by atoms with E-state index in [1.54, 1.807) is 0 Å². The topological polar surface area (TPSA) is 54.0 Å². The summed E-state index contributed by atoms with van der Waals surface area (Å²) in [7, 11) is 0. The van der Waals surface area contributed by atoms with Crippen molar-refractivity contribution in [1.82, 2.24) is 0 Å². The summed E-state index contributed by atoms with van der Waals surface area (Å²) in [5, 5.41) is 0. The van der Waals surface area contributed by atoms with Gasteiger partial charge in [-0.2, -0.15) is 0 Å². The number of allylic oxidation sites excluding steroid dienone is 4. The van der Waals surface area contributed by atoms with E-state index < -0.39 is 12.3 Å². The summed E-state index contributed by atoms with van der Waals surface area (Å²) in [6.45, 7) is 3.57. The van der Waals surface area contributed by atoms with Crippen LogP contribution in [0.4, 0.5) is 0 Å². The lowest BCUT2D eigenvalue weighted by molar-refractivity contribution is -0.174. The highest BCUT2D eigenvalue weighted by molar-refractivity contribution is 5.81. The second kappa shape index (κ2) is 5.61. The van der Waals surface area contributed by atoms with Gasteiger partial charge in [-0.1, -0.05) is 6.58 Å². The average molecular weight is 278 g/mol. The molecule has 1 atom stereocenters. The van der Waals surface area contributed by atoms with Crippen LogP contribution in [-0.4, -0.2) is 18.9 Å². The van der Waals surface area contributed by atoms with Gasteiger partial charge in [0.15, 0.2) is 6.61 Å². The molecule has 1 unspecified atom stereocenters. The molecule has 0 spiro atoms. The van der Waals surface area contributed by atoms with E-state index in [1.807, 2.05) is 0 Å². The predicted molar refractivity (Wildman–Crippen MR) is 70.0 cm³/mol. The van der Waals surface area contributed by atoms with E-state index >= 15 is 0 Å². The number of esters is 1. The molecule has 1 aliphatic heterocycles. The zero-order chi connectivity index (χ0) is 13.9. The standard InChI is InChI=1S/C15H18O5/c1-2-14(16)20-15-9-17-10-5-3-6-11(10)18-12-7-4-8-13(12)19-15/h2,15H,1,3-9H2. The van der Waals surface area contributed by atoms with Crippen LogP contribution in [0.25, 0.3) is 0 Å². The molecule has 108 valence electrons. The van der Waals surface area contributed by atoms with Crippen molar-refractivity contribution in [3.8, 4) is 0 Å². The van der Waals surface area contributed by atoms with Crippen LogP contribution >= 0.6 is 0 Å². The number of rotatable bonds is 2. The molecule has 0 saturated heterocycles. The van der Waals surface area contributed by atoms with Gasteiger partial charge >= 0.3 is 5.97 Å². The Hall–Kier alpha value is -1.91. The van der Waals surface area contributed by atoms with Gasteiger partial charge in [-0.05, 0) is 12.8 Å². The highest BCUT2D eigenvalue weighted by Crippen LogP contribution is 2.37. The number of carbonyl (C=O) groups is 1. The molecule has 0 aromatic heterocycles. The van der Waals surface area contributed by atoms with Gasteiger partial charge in [-0.3, -0.25) is 0 Å². The van der Waals surface area contributed by atoms with Crippen LogP contribution < -0.4 is 0 Å². The molecule has 0 bridgehead atoms. The maximum atomic E-state index is 11.3. The molecule has 0 amide bonds. The Bertz CT molecular complexity index is 488. The fourth-order valence-corrected chi connectivity index (χ4v) is 2.62. The Labute approximate surface area is 117 Å². The second-order valence-electron chi connectivity index (χ2n) is 5.00. The molecule has 0 aromatic carbocycles. The van der Waals surface area contributed by atoms with E-state index in [2.05, 4.69) is 6.58 Å². The maximum absolute atomic E-state index is 11.3. The van der Waals surface area contributed by atoms with Gasteiger partial charge in [0.05, 0.1) is 0 Å². The number of hydrogen-bond donors (Lipinski definition) is 0. The van der Waals surface area contributed by atoms with Crippen molar-refractivity contribution in [3.63, 3.8) is 0 Å². The summed E-state index contributed by atoms with van der Waals surface area (Å²) >= 11 is 0. The summed E-state index contributed by atoms with van der Waals surface area (Å²) < 4.78 is 22.6. The summed E-state index contributed by atoms with van der Waals surface area (Å²) in [5.74, 6) is 2.87. The largest absolute Gasteiger partial charge is 0.487 e. The molecule has 3 aliphatic rings. The smallest absolute Gasteiger partial charge is 0.333 e. The first kappa shape index (κ1) is 13.1. The van der Waals surface area contributed by atoms with Crippen LogP contribution in [0.15, 0.2) is 35.7 Å². The molecule has 0 saturated carbocycles. The van der Waals surface area contributed by atoms with Gasteiger partial charge in [0.2, 0.25) is 0 Å². The van der Waals surface area contributed by atoms with Crippen molar-refractivity contribution in [2.45, 2.75) is 44.8 Å². The molecule has 3 rings (SSSR count). The normalized spacial score (nSPS) is 25.3. The van der Waals surface area contributed by atoms with Crippen LogP contribution in [0.2, 0.25) is 0 Å². The Kier molecular flexibility index (Phi) is 3.67. The van der Waals surface area contributed by atoms with Crippen LogP contribution in [-0.2, 0) is 23.7 Å². The van der Waals surface area contributed by atoms with Crippen LogP contribution in [0, 0.1) is 0 Å². The summed E-state index contributed by atoms with van der Waals surface area (Å²) in [6.07, 6.45) is 5.81. The average Bonchev–Trinajstić information content (AvgIpc) is 3.05. The van der Waals surface area contributed by atoms with Gasteiger partial charge in [0.25, 0.3) is 6.29 Å². The van der Waals surface area contributed by atoms with Crippen molar-refractivity contribution >= 4 is 5.97 Å². The third kappa shape index (κ3) is 2.66. The molecule has 20 heavy (non-hydrogen) atoms. The summed E-state index contributed by atoms with van der Waals surface area (Å²) in [4.78, 5) is 11.3. The van der Waals surface area contributed by atoms with Gasteiger partial charge in [-0.15, -0.1) is 0 Å². The zero-order valence-corrected chi connectivity index (χ0v) is 11.4. The molecular formula is C15H18O5. The van der Waals surface area contributed by atoms with E-state index in [-0.39, 0.29) is 6.61 Å². The molecule has 5 nitrogen and oxygen atoms in total. The SMILES string of the molecule is C=CC(=O)OC1COC2=C(CCC2)OC2=C(CCC2)O1. The Morgan fingerprint density at radius 2 is 1.75 bits per heavy atom. The van der Waals surface area contributed by atoms with Crippen LogP contribution in [0.1, 0.15) is 38.5 Å². The third-order valence-electron chi connectivity index (χ3n) is 3.57. The quantitative estimate of drug-likeness (QED) is 0.574. The van der Waals surface area contributed by atoms with E-state index in [9.17, 15) is 4.79 Å². The molecule has 0 aromatic rings. The van der Waals surface area contributed by atoms with Gasteiger partial charge < -0.3 is 18.9 Å².